The Morgan fingerprint density at radius 1 is 1.25 bits per heavy atom. The molecule has 2 N–H and O–H groups in total. The topological polar surface area (TPSA) is 90.7 Å². The molecule has 1 heterocycles. The highest BCUT2D eigenvalue weighted by molar-refractivity contribution is 5.92. The molecule has 0 aliphatic heterocycles. The summed E-state index contributed by atoms with van der Waals surface area (Å²) in [7, 11) is 0. The average molecular weight is 321 g/mol. The van der Waals surface area contributed by atoms with Crippen LogP contribution in [0.2, 0.25) is 0 Å². The first-order valence-electron chi connectivity index (χ1n) is 8.11. The zero-order chi connectivity index (χ0) is 16.8. The van der Waals surface area contributed by atoms with Gasteiger partial charge in [0, 0.05) is 30.5 Å². The minimum atomic E-state index is 0.110. The summed E-state index contributed by atoms with van der Waals surface area (Å²) in [6.07, 6.45) is 7.28. The molecular formula is C18H19N5O. The molecule has 1 aromatic heterocycles. The van der Waals surface area contributed by atoms with Crippen molar-refractivity contribution in [1.29, 1.82) is 5.26 Å². The van der Waals surface area contributed by atoms with E-state index in [0.29, 0.717) is 12.4 Å². The summed E-state index contributed by atoms with van der Waals surface area (Å²) in [4.78, 5) is 20.3. The van der Waals surface area contributed by atoms with Gasteiger partial charge in [-0.25, -0.2) is 9.97 Å². The molecule has 2 aromatic rings. The SMILES string of the molecule is N#Cc1nccnc1NCc1cccc(NC(=O)C2CCCC2)c1. The summed E-state index contributed by atoms with van der Waals surface area (Å²) < 4.78 is 0. The average Bonchev–Trinajstić information content (AvgIpc) is 3.15. The van der Waals surface area contributed by atoms with Crippen LogP contribution in [0, 0.1) is 17.2 Å². The molecule has 1 aromatic carbocycles. The van der Waals surface area contributed by atoms with Crippen LogP contribution < -0.4 is 10.6 Å². The van der Waals surface area contributed by atoms with Crippen molar-refractivity contribution in [3.05, 3.63) is 47.9 Å². The van der Waals surface area contributed by atoms with E-state index in [1.807, 2.05) is 30.3 Å². The highest BCUT2D eigenvalue weighted by Gasteiger charge is 2.22. The molecule has 1 aliphatic carbocycles. The van der Waals surface area contributed by atoms with Gasteiger partial charge >= 0.3 is 0 Å². The lowest BCUT2D eigenvalue weighted by Gasteiger charge is -2.12. The largest absolute Gasteiger partial charge is 0.364 e. The van der Waals surface area contributed by atoms with Crippen molar-refractivity contribution in [3.8, 4) is 6.07 Å². The number of nitrogens with zero attached hydrogens (tertiary/aromatic N) is 3. The van der Waals surface area contributed by atoms with Crippen LogP contribution in [0.15, 0.2) is 36.7 Å². The van der Waals surface area contributed by atoms with Crippen LogP contribution in [0.5, 0.6) is 0 Å². The third-order valence-electron chi connectivity index (χ3n) is 4.18. The van der Waals surface area contributed by atoms with Crippen molar-refractivity contribution >= 4 is 17.4 Å². The first-order valence-corrected chi connectivity index (χ1v) is 8.11. The van der Waals surface area contributed by atoms with Crippen molar-refractivity contribution in [2.75, 3.05) is 10.6 Å². The van der Waals surface area contributed by atoms with Crippen LogP contribution in [-0.2, 0) is 11.3 Å². The Kier molecular flexibility index (Phi) is 5.02. The van der Waals surface area contributed by atoms with E-state index < -0.39 is 0 Å². The van der Waals surface area contributed by atoms with Gasteiger partial charge in [0.05, 0.1) is 0 Å². The Bertz CT molecular complexity index is 762. The molecule has 6 nitrogen and oxygen atoms in total. The van der Waals surface area contributed by atoms with Gasteiger partial charge in [-0.15, -0.1) is 0 Å². The minimum absolute atomic E-state index is 0.110. The number of hydrogen-bond donors (Lipinski definition) is 2. The fourth-order valence-corrected chi connectivity index (χ4v) is 2.93. The molecule has 0 radical (unpaired) electrons. The quantitative estimate of drug-likeness (QED) is 0.883. The van der Waals surface area contributed by atoms with Crippen LogP contribution in [0.4, 0.5) is 11.5 Å². The van der Waals surface area contributed by atoms with Crippen LogP contribution >= 0.6 is 0 Å². The number of anilines is 2. The van der Waals surface area contributed by atoms with Gasteiger partial charge in [0.15, 0.2) is 11.5 Å². The minimum Gasteiger partial charge on any atom is -0.364 e. The molecule has 0 saturated heterocycles. The molecule has 1 aliphatic rings. The molecule has 6 heteroatoms. The number of carbonyl (C=O) groups is 1. The fraction of sp³-hybridized carbons (Fsp3) is 0.333. The molecule has 1 fully saturated rings. The van der Waals surface area contributed by atoms with Crippen molar-refractivity contribution in [2.24, 2.45) is 5.92 Å². The van der Waals surface area contributed by atoms with Crippen molar-refractivity contribution in [3.63, 3.8) is 0 Å². The summed E-state index contributed by atoms with van der Waals surface area (Å²) in [5, 5.41) is 15.1. The Hall–Kier alpha value is -2.94. The lowest BCUT2D eigenvalue weighted by atomic mass is 10.1. The Labute approximate surface area is 140 Å². The third kappa shape index (κ3) is 3.87. The van der Waals surface area contributed by atoms with E-state index in [9.17, 15) is 4.79 Å². The van der Waals surface area contributed by atoms with E-state index in [2.05, 4.69) is 20.6 Å². The summed E-state index contributed by atoms with van der Waals surface area (Å²) in [5.41, 5.74) is 2.06. The number of nitriles is 1. The zero-order valence-electron chi connectivity index (χ0n) is 13.3. The Morgan fingerprint density at radius 2 is 2.04 bits per heavy atom. The van der Waals surface area contributed by atoms with E-state index in [4.69, 9.17) is 5.26 Å². The normalized spacial score (nSPS) is 14.1. The highest BCUT2D eigenvalue weighted by atomic mass is 16.1. The van der Waals surface area contributed by atoms with Crippen molar-refractivity contribution in [2.45, 2.75) is 32.2 Å². The van der Waals surface area contributed by atoms with Gasteiger partial charge in [-0.05, 0) is 30.5 Å². The van der Waals surface area contributed by atoms with Gasteiger partial charge < -0.3 is 10.6 Å². The molecule has 3 rings (SSSR count). The second kappa shape index (κ2) is 7.55. The van der Waals surface area contributed by atoms with Gasteiger partial charge in [-0.3, -0.25) is 4.79 Å². The number of carbonyl (C=O) groups excluding carboxylic acids is 1. The van der Waals surface area contributed by atoms with Gasteiger partial charge in [0.25, 0.3) is 0 Å². The first kappa shape index (κ1) is 15.9. The molecule has 24 heavy (non-hydrogen) atoms. The van der Waals surface area contributed by atoms with Crippen molar-refractivity contribution in [1.82, 2.24) is 9.97 Å². The fourth-order valence-electron chi connectivity index (χ4n) is 2.93. The van der Waals surface area contributed by atoms with Gasteiger partial charge in [0.2, 0.25) is 5.91 Å². The maximum Gasteiger partial charge on any atom is 0.227 e. The lowest BCUT2D eigenvalue weighted by molar-refractivity contribution is -0.119. The summed E-state index contributed by atoms with van der Waals surface area (Å²) in [6, 6.07) is 9.69. The maximum absolute atomic E-state index is 12.2. The van der Waals surface area contributed by atoms with Gasteiger partial charge in [-0.1, -0.05) is 25.0 Å². The zero-order valence-corrected chi connectivity index (χ0v) is 13.3. The Balaban J connectivity index is 1.63. The molecule has 0 atom stereocenters. The maximum atomic E-state index is 12.2. The third-order valence-corrected chi connectivity index (χ3v) is 4.18. The van der Waals surface area contributed by atoms with Gasteiger partial charge in [0.1, 0.15) is 6.07 Å². The summed E-state index contributed by atoms with van der Waals surface area (Å²) in [6.45, 7) is 0.501. The predicted octanol–water partition coefficient (Wildman–Crippen LogP) is 3.09. The van der Waals surface area contributed by atoms with Crippen LogP contribution in [0.1, 0.15) is 36.9 Å². The smallest absolute Gasteiger partial charge is 0.227 e. The number of nitrogens with one attached hydrogen (secondary N) is 2. The van der Waals surface area contributed by atoms with E-state index in [1.54, 1.807) is 6.20 Å². The molecule has 1 saturated carbocycles. The molecular weight excluding hydrogens is 302 g/mol. The number of benzene rings is 1. The predicted molar refractivity (Wildman–Crippen MR) is 91.1 cm³/mol. The second-order valence-corrected chi connectivity index (χ2v) is 5.89. The monoisotopic (exact) mass is 321 g/mol. The Morgan fingerprint density at radius 3 is 2.83 bits per heavy atom. The van der Waals surface area contributed by atoms with E-state index in [1.165, 1.54) is 6.20 Å². The second-order valence-electron chi connectivity index (χ2n) is 5.89. The molecule has 122 valence electrons. The standard InChI is InChI=1S/C18H19N5O/c19-11-16-17(21-9-8-20-16)22-12-13-4-3-7-15(10-13)23-18(24)14-5-1-2-6-14/h3-4,7-10,14H,1-2,5-6,12H2,(H,21,22)(H,23,24). The van der Waals surface area contributed by atoms with E-state index >= 15 is 0 Å². The number of amides is 1. The molecule has 0 unspecified atom stereocenters. The summed E-state index contributed by atoms with van der Waals surface area (Å²) in [5.74, 6) is 0.711. The first-order chi connectivity index (χ1) is 11.8. The number of rotatable bonds is 5. The van der Waals surface area contributed by atoms with Gasteiger partial charge in [-0.2, -0.15) is 5.26 Å². The highest BCUT2D eigenvalue weighted by Crippen LogP contribution is 2.26. The van der Waals surface area contributed by atoms with Crippen LogP contribution in [0.3, 0.4) is 0 Å². The lowest BCUT2D eigenvalue weighted by Crippen LogP contribution is -2.20. The molecule has 0 spiro atoms. The molecule has 0 bridgehead atoms. The number of aromatic nitrogens is 2. The van der Waals surface area contributed by atoms with Crippen molar-refractivity contribution < 1.29 is 4.79 Å². The molecule has 1 amide bonds. The summed E-state index contributed by atoms with van der Waals surface area (Å²) >= 11 is 0. The number of hydrogen-bond acceptors (Lipinski definition) is 5. The van der Waals surface area contributed by atoms with E-state index in [0.717, 1.165) is 36.9 Å². The van der Waals surface area contributed by atoms with E-state index in [-0.39, 0.29) is 17.5 Å². The van der Waals surface area contributed by atoms with Crippen LogP contribution in [-0.4, -0.2) is 15.9 Å². The van der Waals surface area contributed by atoms with Crippen LogP contribution in [0.25, 0.3) is 0 Å².